The zero-order valence-electron chi connectivity index (χ0n) is 47.2. The highest BCUT2D eigenvalue weighted by Crippen LogP contribution is 2.27. The average Bonchev–Trinajstić information content (AvgIpc) is 3.98. The monoisotopic (exact) mass is 1160 g/mol. The number of carbonyl (C=O) groups excluding carboxylic acids is 8. The molecule has 3 aromatic heterocycles. The van der Waals surface area contributed by atoms with Crippen molar-refractivity contribution in [3.63, 3.8) is 0 Å². The molecule has 6 N–H and O–H groups in total. The summed E-state index contributed by atoms with van der Waals surface area (Å²) in [6.07, 6.45) is 1.24. The first-order chi connectivity index (χ1) is 39.2. The molecule has 3 heterocycles. The van der Waals surface area contributed by atoms with Gasteiger partial charge in [-0.2, -0.15) is 0 Å². The van der Waals surface area contributed by atoms with Gasteiger partial charge < -0.3 is 49.9 Å². The maximum Gasteiger partial charge on any atom is 0.292 e. The van der Waals surface area contributed by atoms with Crippen LogP contribution in [0.5, 0.6) is 0 Å². The Bertz CT molecular complexity index is 3380. The van der Waals surface area contributed by atoms with E-state index in [1.54, 1.807) is 34.7 Å². The van der Waals surface area contributed by atoms with Crippen molar-refractivity contribution < 1.29 is 69.4 Å². The van der Waals surface area contributed by atoms with Crippen molar-refractivity contribution in [2.24, 2.45) is 21.1 Å². The molecule has 83 heavy (non-hydrogen) atoms. The molecule has 0 spiro atoms. The molecule has 0 aliphatic carbocycles. The second-order valence-corrected chi connectivity index (χ2v) is 19.7. The number of rotatable bonds is 27. The van der Waals surface area contributed by atoms with Gasteiger partial charge in [0, 0.05) is 92.1 Å². The molecule has 0 saturated carbocycles. The number of halogens is 6. The summed E-state index contributed by atoms with van der Waals surface area (Å²) in [5, 5.41) is 15.9. The number of hydrogen-bond acceptors (Lipinski definition) is 11. The van der Waals surface area contributed by atoms with Gasteiger partial charge in [-0.25, -0.2) is 26.3 Å². The summed E-state index contributed by atoms with van der Waals surface area (Å²) in [6.45, 7) is 10.7. The van der Waals surface area contributed by atoms with Crippen molar-refractivity contribution in [2.75, 3.05) is 68.6 Å². The van der Waals surface area contributed by atoms with Crippen LogP contribution in [0.2, 0.25) is 0 Å². The van der Waals surface area contributed by atoms with E-state index >= 15 is 0 Å². The number of ether oxygens (including phenoxy) is 1. The minimum absolute atomic E-state index is 0.00483. The summed E-state index contributed by atoms with van der Waals surface area (Å²) in [5.74, 6) is -12.9. The lowest BCUT2D eigenvalue weighted by Crippen LogP contribution is -2.37. The summed E-state index contributed by atoms with van der Waals surface area (Å²) in [7, 11) is 4.64. The second-order valence-electron chi connectivity index (χ2n) is 19.7. The highest BCUT2D eigenvalue weighted by Gasteiger charge is 2.31. The largest absolute Gasteiger partial charge is 0.358 e. The van der Waals surface area contributed by atoms with Crippen LogP contribution in [0.1, 0.15) is 116 Å². The van der Waals surface area contributed by atoms with Gasteiger partial charge in [-0.15, -0.1) is 0 Å². The molecule has 0 radical (unpaired) electrons. The van der Waals surface area contributed by atoms with Crippen molar-refractivity contribution in [3.8, 4) is 0 Å². The number of nitrogens with zero attached hydrogens (tertiary/aromatic N) is 4. The number of hydrogen-bond donors (Lipinski definition) is 6. The molecule has 0 atom stereocenters. The SMILES string of the molecule is Cc1c(C(=O)COCNCCCN(CCCNC(=O)C(=O)c2c(C)c(C(=O)Nc3ccc(F)c(F)c3)n(C)c2C)CCCNC(=O)C(=O)c2c(C)c(C(=O)Nc3ccc(F)c(F)c3)n(C)c2C)c(C)n(C)c1C(=O)Nc1ccc(F)c(F)c1. The fraction of sp³-hybridized carbons (Fsp3) is 0.345. The zero-order chi connectivity index (χ0) is 61.1. The number of carbonyl (C=O) groups is 8. The number of anilines is 3. The summed E-state index contributed by atoms with van der Waals surface area (Å²) in [6, 6.07) is 8.61. The van der Waals surface area contributed by atoms with E-state index < -0.39 is 81.8 Å². The third kappa shape index (κ3) is 14.9. The van der Waals surface area contributed by atoms with E-state index in [9.17, 15) is 64.7 Å². The standard InChI is InChI=1S/C58H64F6N10O9/c1-30-46(33(4)71(7)49(30)54(78)68-36-13-16-39(59)42(62)25-36)45(75)28-83-29-65-19-10-22-74(23-11-20-66-57(81)52(76)47-31(2)50(72(8)34(47)5)55(79)69-37-14-17-40(60)43(63)26-37)24-12-21-67-58(82)53(77)48-32(3)51(73(9)35(48)6)56(80)70-38-15-18-41(61)44(64)27-38/h13-18,25-27,65H,10-12,19-24,28-29H2,1-9H3,(H,66,81)(H,67,82)(H,68,78)(H,69,79)(H,70,80). The molecule has 0 bridgehead atoms. The number of Topliss-reactive ketones (excluding diaryl/α,β-unsaturated/α-hetero) is 3. The second kappa shape index (κ2) is 27.9. The van der Waals surface area contributed by atoms with Gasteiger partial charge in [0.05, 0.1) is 17.9 Å². The zero-order valence-corrected chi connectivity index (χ0v) is 47.2. The molecule has 0 fully saturated rings. The third-order valence-electron chi connectivity index (χ3n) is 14.3. The van der Waals surface area contributed by atoms with Crippen molar-refractivity contribution in [1.29, 1.82) is 0 Å². The Morgan fingerprint density at radius 3 is 1.13 bits per heavy atom. The van der Waals surface area contributed by atoms with Crippen LogP contribution in [0.3, 0.4) is 0 Å². The molecule has 0 aliphatic heterocycles. The van der Waals surface area contributed by atoms with E-state index in [0.29, 0.717) is 68.1 Å². The maximum atomic E-state index is 13.9. The lowest BCUT2D eigenvalue weighted by Gasteiger charge is -2.22. The predicted octanol–water partition coefficient (Wildman–Crippen LogP) is 7.36. The van der Waals surface area contributed by atoms with Crippen LogP contribution in [-0.2, 0) is 35.5 Å². The van der Waals surface area contributed by atoms with E-state index in [4.69, 9.17) is 4.74 Å². The van der Waals surface area contributed by atoms with Crippen molar-refractivity contribution in [2.45, 2.75) is 60.8 Å². The highest BCUT2D eigenvalue weighted by atomic mass is 19.2. The van der Waals surface area contributed by atoms with Gasteiger partial charge >= 0.3 is 0 Å². The molecule has 19 nitrogen and oxygen atoms in total. The van der Waals surface area contributed by atoms with Gasteiger partial charge in [0.1, 0.15) is 23.7 Å². The van der Waals surface area contributed by atoms with Crippen LogP contribution in [0, 0.1) is 76.4 Å². The average molecular weight is 1160 g/mol. The first kappa shape index (κ1) is 63.5. The molecule has 6 rings (SSSR count). The van der Waals surface area contributed by atoms with E-state index in [1.807, 2.05) is 4.90 Å². The van der Waals surface area contributed by atoms with Gasteiger partial charge in [-0.05, 0) is 140 Å². The fourth-order valence-corrected chi connectivity index (χ4v) is 9.79. The van der Waals surface area contributed by atoms with Crippen molar-refractivity contribution in [1.82, 2.24) is 34.6 Å². The lowest BCUT2D eigenvalue weighted by atomic mass is 10.0. The Hall–Kier alpha value is -8.68. The van der Waals surface area contributed by atoms with Crippen LogP contribution >= 0.6 is 0 Å². The van der Waals surface area contributed by atoms with E-state index in [0.717, 1.165) is 36.4 Å². The number of benzene rings is 3. The molecule has 0 unspecified atom stereocenters. The minimum atomic E-state index is -1.17. The highest BCUT2D eigenvalue weighted by molar-refractivity contribution is 6.44. The predicted molar refractivity (Wildman–Crippen MR) is 296 cm³/mol. The Morgan fingerprint density at radius 2 is 0.783 bits per heavy atom. The summed E-state index contributed by atoms with van der Waals surface area (Å²) >= 11 is 0. The van der Waals surface area contributed by atoms with Crippen LogP contribution in [0.4, 0.5) is 43.4 Å². The van der Waals surface area contributed by atoms with E-state index in [-0.39, 0.29) is 88.4 Å². The first-order valence-electron chi connectivity index (χ1n) is 26.2. The maximum absolute atomic E-state index is 13.9. The van der Waals surface area contributed by atoms with E-state index in [2.05, 4.69) is 31.9 Å². The number of nitrogens with one attached hydrogen (secondary N) is 6. The smallest absolute Gasteiger partial charge is 0.292 e. The molecule has 25 heteroatoms. The van der Waals surface area contributed by atoms with Gasteiger partial charge in [0.15, 0.2) is 40.7 Å². The van der Waals surface area contributed by atoms with Crippen molar-refractivity contribution >= 4 is 63.9 Å². The van der Waals surface area contributed by atoms with Gasteiger partial charge in [-0.1, -0.05) is 0 Å². The molecule has 0 saturated heterocycles. The minimum Gasteiger partial charge on any atom is -0.358 e. The Labute approximate surface area is 474 Å². The van der Waals surface area contributed by atoms with Gasteiger partial charge in [0.25, 0.3) is 41.1 Å². The lowest BCUT2D eigenvalue weighted by molar-refractivity contribution is -0.117. The van der Waals surface area contributed by atoms with Gasteiger partial charge in [-0.3, -0.25) is 43.7 Å². The van der Waals surface area contributed by atoms with Crippen LogP contribution in [-0.4, -0.2) is 118 Å². The van der Waals surface area contributed by atoms with Crippen LogP contribution in [0.15, 0.2) is 54.6 Å². The summed E-state index contributed by atoms with van der Waals surface area (Å²) < 4.78 is 92.0. The molecule has 3 aromatic carbocycles. The summed E-state index contributed by atoms with van der Waals surface area (Å²) in [5.41, 5.74) is 2.31. The first-order valence-corrected chi connectivity index (χ1v) is 26.2. The van der Waals surface area contributed by atoms with Gasteiger partial charge in [0.2, 0.25) is 0 Å². The molecule has 5 amide bonds. The molecule has 0 aliphatic rings. The normalized spacial score (nSPS) is 11.2. The fourth-order valence-electron chi connectivity index (χ4n) is 9.79. The van der Waals surface area contributed by atoms with Crippen molar-refractivity contribution in [3.05, 3.63) is 157 Å². The van der Waals surface area contributed by atoms with E-state index in [1.165, 1.54) is 59.8 Å². The third-order valence-corrected chi connectivity index (χ3v) is 14.3. The van der Waals surface area contributed by atoms with Crippen LogP contribution < -0.4 is 31.9 Å². The number of aromatic nitrogens is 3. The molecule has 6 aromatic rings. The molecule has 442 valence electrons. The Morgan fingerprint density at radius 1 is 0.458 bits per heavy atom. The number of ketones is 3. The Balaban J connectivity index is 1.03. The molecular weight excluding hydrogens is 1090 g/mol. The molecular formula is C58H64F6N10O9. The topological polar surface area (TPSA) is 236 Å². The summed E-state index contributed by atoms with van der Waals surface area (Å²) in [4.78, 5) is 109. The quantitative estimate of drug-likeness (QED) is 0.00980. The van der Waals surface area contributed by atoms with Crippen LogP contribution in [0.25, 0.3) is 0 Å². The Kier molecular flexibility index (Phi) is 21.3. The number of amides is 5.